The molecule has 24 heavy (non-hydrogen) atoms. The van der Waals surface area contributed by atoms with Gasteiger partial charge in [-0.15, -0.1) is 0 Å². The van der Waals surface area contributed by atoms with Crippen molar-refractivity contribution in [2.45, 2.75) is 51.4 Å². The summed E-state index contributed by atoms with van der Waals surface area (Å²) in [5.41, 5.74) is 4.05. The van der Waals surface area contributed by atoms with Crippen LogP contribution in [0.5, 0.6) is 5.75 Å². The Morgan fingerprint density at radius 1 is 1.00 bits per heavy atom. The molecular formula is C19H30BNO3. The van der Waals surface area contributed by atoms with Gasteiger partial charge >= 0.3 is 7.12 Å². The van der Waals surface area contributed by atoms with E-state index >= 15 is 0 Å². The second kappa shape index (κ2) is 6.70. The van der Waals surface area contributed by atoms with Gasteiger partial charge in [-0.05, 0) is 40.8 Å². The maximum atomic E-state index is 5.94. The number of rotatable bonds is 2. The van der Waals surface area contributed by atoms with Crippen molar-refractivity contribution in [2.24, 2.45) is 0 Å². The molecule has 4 nitrogen and oxygen atoms in total. The zero-order valence-corrected chi connectivity index (χ0v) is 15.7. The van der Waals surface area contributed by atoms with Gasteiger partial charge in [0, 0.05) is 31.9 Å². The molecule has 0 spiro atoms. The van der Waals surface area contributed by atoms with Crippen molar-refractivity contribution in [1.82, 2.24) is 5.32 Å². The zero-order chi connectivity index (χ0) is 17.4. The lowest BCUT2D eigenvalue weighted by Gasteiger charge is -2.43. The van der Waals surface area contributed by atoms with E-state index in [9.17, 15) is 0 Å². The fraction of sp³-hybridized carbons (Fsp3) is 0.684. The summed E-state index contributed by atoms with van der Waals surface area (Å²) in [6.07, 6.45) is 2.35. The number of nitrogens with one attached hydrogen (secondary N) is 1. The van der Waals surface area contributed by atoms with Gasteiger partial charge in [-0.3, -0.25) is 0 Å². The van der Waals surface area contributed by atoms with Gasteiger partial charge in [0.25, 0.3) is 0 Å². The number of hydrogen-bond acceptors (Lipinski definition) is 4. The Balaban J connectivity index is 2.07. The van der Waals surface area contributed by atoms with Crippen LogP contribution in [0, 0.1) is 0 Å². The Bertz CT molecular complexity index is 593. The molecule has 132 valence electrons. The minimum atomic E-state index is -0.313. The molecule has 0 unspecified atom stereocenters. The van der Waals surface area contributed by atoms with Crippen LogP contribution in [0.3, 0.4) is 0 Å². The fourth-order valence-electron chi connectivity index (χ4n) is 3.89. The second-order valence-electron chi connectivity index (χ2n) is 8.24. The lowest BCUT2D eigenvalue weighted by molar-refractivity contribution is 0.187. The summed E-state index contributed by atoms with van der Waals surface area (Å²) < 4.78 is 17.7. The number of hydrogen-bond donors (Lipinski definition) is 1. The highest BCUT2D eigenvalue weighted by Gasteiger charge is 2.40. The number of ether oxygens (including phenoxy) is 1. The van der Waals surface area contributed by atoms with Crippen molar-refractivity contribution in [3.8, 4) is 5.75 Å². The molecule has 0 atom stereocenters. The van der Waals surface area contributed by atoms with Crippen LogP contribution in [0.1, 0.15) is 51.7 Å². The van der Waals surface area contributed by atoms with Crippen molar-refractivity contribution in [3.63, 3.8) is 0 Å². The molecule has 3 rings (SSSR count). The molecule has 1 aliphatic carbocycles. The highest BCUT2D eigenvalue weighted by atomic mass is 16.6. The van der Waals surface area contributed by atoms with Crippen LogP contribution in [0.15, 0.2) is 12.1 Å². The van der Waals surface area contributed by atoms with Gasteiger partial charge in [0.15, 0.2) is 0 Å². The molecule has 1 aromatic carbocycles. The molecule has 0 bridgehead atoms. The van der Waals surface area contributed by atoms with E-state index in [1.807, 2.05) is 0 Å². The predicted octanol–water partition coefficient (Wildman–Crippen LogP) is 2.38. The molecule has 0 amide bonds. The molecule has 1 aromatic rings. The molecule has 1 saturated heterocycles. The van der Waals surface area contributed by atoms with Crippen LogP contribution in [0.2, 0.25) is 0 Å². The lowest BCUT2D eigenvalue weighted by atomic mass is 9.61. The molecule has 2 aliphatic rings. The summed E-state index contributed by atoms with van der Waals surface area (Å²) >= 11 is 0. The summed E-state index contributed by atoms with van der Waals surface area (Å²) in [4.78, 5) is 0. The zero-order valence-electron chi connectivity index (χ0n) is 15.7. The number of methoxy groups -OCH3 is 1. The minimum absolute atomic E-state index is 0.126. The molecule has 1 heterocycles. The van der Waals surface area contributed by atoms with E-state index in [2.05, 4.69) is 45.1 Å². The van der Waals surface area contributed by atoms with Gasteiger partial charge in [0.2, 0.25) is 0 Å². The van der Waals surface area contributed by atoms with E-state index in [1.54, 1.807) is 7.11 Å². The molecule has 0 radical (unpaired) electrons. The van der Waals surface area contributed by atoms with Gasteiger partial charge in [-0.1, -0.05) is 33.8 Å². The van der Waals surface area contributed by atoms with Crippen molar-refractivity contribution >= 4 is 12.6 Å². The molecule has 1 N–H and O–H groups in total. The highest BCUT2D eigenvalue weighted by molar-refractivity contribution is 6.61. The Kier molecular flexibility index (Phi) is 4.96. The van der Waals surface area contributed by atoms with E-state index < -0.39 is 0 Å². The van der Waals surface area contributed by atoms with E-state index in [4.69, 9.17) is 14.0 Å². The monoisotopic (exact) mass is 331 g/mol. The Morgan fingerprint density at radius 2 is 1.62 bits per heavy atom. The average molecular weight is 331 g/mol. The maximum absolute atomic E-state index is 5.94. The maximum Gasteiger partial charge on any atom is 0.494 e. The van der Waals surface area contributed by atoms with Crippen molar-refractivity contribution < 1.29 is 14.0 Å². The van der Waals surface area contributed by atoms with Crippen molar-refractivity contribution in [2.75, 3.05) is 33.4 Å². The first-order chi connectivity index (χ1) is 11.3. The largest absolute Gasteiger partial charge is 0.496 e. The Hall–Kier alpha value is -1.04. The van der Waals surface area contributed by atoms with Gasteiger partial charge in [0.1, 0.15) is 5.75 Å². The summed E-state index contributed by atoms with van der Waals surface area (Å²) in [6.45, 7) is 12.3. The van der Waals surface area contributed by atoms with Gasteiger partial charge in [0.05, 0.1) is 7.11 Å². The van der Waals surface area contributed by atoms with E-state index in [1.165, 1.54) is 24.0 Å². The van der Waals surface area contributed by atoms with Crippen LogP contribution in [-0.4, -0.2) is 40.5 Å². The van der Waals surface area contributed by atoms with Crippen LogP contribution in [0.25, 0.3) is 0 Å². The second-order valence-corrected chi connectivity index (χ2v) is 8.24. The third kappa shape index (κ3) is 3.35. The molecule has 0 saturated carbocycles. The standard InChI is InChI=1S/C19H30BNO3/c1-18(2)6-7-19(3,4)17-15(18)12-14(13-16(17)22-5)20-23-10-8-21-9-11-24-20/h12-13,21H,6-11H2,1-5H3. The molecule has 0 aromatic heterocycles. The summed E-state index contributed by atoms with van der Waals surface area (Å²) in [6, 6.07) is 4.40. The SMILES string of the molecule is COc1cc(B2OCCNCCO2)cc2c1C(C)(C)CCC2(C)C. The van der Waals surface area contributed by atoms with E-state index in [-0.39, 0.29) is 17.9 Å². The first kappa shape index (κ1) is 17.8. The van der Waals surface area contributed by atoms with Gasteiger partial charge in [-0.2, -0.15) is 0 Å². The molecule has 1 fully saturated rings. The minimum Gasteiger partial charge on any atom is -0.496 e. The van der Waals surface area contributed by atoms with Gasteiger partial charge in [-0.25, -0.2) is 0 Å². The highest BCUT2D eigenvalue weighted by Crippen LogP contribution is 2.48. The van der Waals surface area contributed by atoms with E-state index in [0.717, 1.165) is 24.3 Å². The number of benzene rings is 1. The first-order valence-electron chi connectivity index (χ1n) is 9.02. The van der Waals surface area contributed by atoms with Crippen LogP contribution in [0.4, 0.5) is 0 Å². The third-order valence-corrected chi connectivity index (χ3v) is 5.49. The predicted molar refractivity (Wildman–Crippen MR) is 98.4 cm³/mol. The normalized spacial score (nSPS) is 23.1. The molecule has 5 heteroatoms. The van der Waals surface area contributed by atoms with E-state index in [0.29, 0.717) is 13.2 Å². The topological polar surface area (TPSA) is 39.7 Å². The average Bonchev–Trinajstić information content (AvgIpc) is 2.50. The smallest absolute Gasteiger partial charge is 0.494 e. The lowest BCUT2D eigenvalue weighted by Crippen LogP contribution is -2.44. The molecule has 1 aliphatic heterocycles. The Morgan fingerprint density at radius 3 is 2.25 bits per heavy atom. The fourth-order valence-corrected chi connectivity index (χ4v) is 3.89. The van der Waals surface area contributed by atoms with Crippen molar-refractivity contribution in [3.05, 3.63) is 23.3 Å². The van der Waals surface area contributed by atoms with Crippen molar-refractivity contribution in [1.29, 1.82) is 0 Å². The summed E-state index contributed by atoms with van der Waals surface area (Å²) in [5.74, 6) is 0.965. The Labute approximate surface area is 146 Å². The third-order valence-electron chi connectivity index (χ3n) is 5.49. The number of fused-ring (bicyclic) bond motifs is 1. The molecular weight excluding hydrogens is 301 g/mol. The first-order valence-corrected chi connectivity index (χ1v) is 9.02. The van der Waals surface area contributed by atoms with Crippen LogP contribution < -0.4 is 15.5 Å². The van der Waals surface area contributed by atoms with Crippen LogP contribution >= 0.6 is 0 Å². The summed E-state index contributed by atoms with van der Waals surface area (Å²) in [7, 11) is 1.45. The summed E-state index contributed by atoms with van der Waals surface area (Å²) in [5, 5.41) is 3.28. The van der Waals surface area contributed by atoms with Gasteiger partial charge < -0.3 is 19.4 Å². The quantitative estimate of drug-likeness (QED) is 0.845. The van der Waals surface area contributed by atoms with Crippen LogP contribution in [-0.2, 0) is 20.1 Å².